The largest absolute Gasteiger partial charge is 0.505 e. The molecule has 0 amide bonds. The maximum atomic E-state index is 10.9. The van der Waals surface area contributed by atoms with Gasteiger partial charge >= 0.3 is 5.97 Å². The molecule has 4 heteroatoms. The van der Waals surface area contributed by atoms with E-state index < -0.39 is 5.97 Å². The highest BCUT2D eigenvalue weighted by molar-refractivity contribution is 5.95. The maximum absolute atomic E-state index is 10.9. The van der Waals surface area contributed by atoms with Gasteiger partial charge in [0.1, 0.15) is 5.56 Å². The van der Waals surface area contributed by atoms with E-state index in [-0.39, 0.29) is 17.0 Å². The predicted molar refractivity (Wildman–Crippen MR) is 51.5 cm³/mol. The third-order valence-electron chi connectivity index (χ3n) is 2.62. The Morgan fingerprint density at radius 3 is 2.79 bits per heavy atom. The minimum absolute atomic E-state index is 0.0162. The molecule has 1 aliphatic carbocycles. The molecule has 0 saturated carbocycles. The van der Waals surface area contributed by atoms with Gasteiger partial charge in [-0.25, -0.2) is 4.79 Å². The van der Waals surface area contributed by atoms with Gasteiger partial charge in [-0.05, 0) is 36.5 Å². The van der Waals surface area contributed by atoms with Crippen molar-refractivity contribution in [2.24, 2.45) is 0 Å². The quantitative estimate of drug-likeness (QED) is 0.461. The SMILES string of the molecule is Nc1cc2c(c(C(=O)O)c1O)CCC2. The van der Waals surface area contributed by atoms with Crippen molar-refractivity contribution < 1.29 is 15.0 Å². The van der Waals surface area contributed by atoms with Gasteiger partial charge in [-0.1, -0.05) is 0 Å². The summed E-state index contributed by atoms with van der Waals surface area (Å²) >= 11 is 0. The Morgan fingerprint density at radius 2 is 2.14 bits per heavy atom. The van der Waals surface area contributed by atoms with Crippen LogP contribution in [0, 0.1) is 0 Å². The molecule has 0 spiro atoms. The number of fused-ring (bicyclic) bond motifs is 1. The molecule has 2 rings (SSSR count). The molecule has 1 aromatic carbocycles. The van der Waals surface area contributed by atoms with Crippen molar-refractivity contribution in [3.05, 3.63) is 22.8 Å². The molecule has 0 heterocycles. The van der Waals surface area contributed by atoms with Crippen LogP contribution in [0.1, 0.15) is 27.9 Å². The molecule has 4 nitrogen and oxygen atoms in total. The van der Waals surface area contributed by atoms with E-state index in [1.165, 1.54) is 0 Å². The van der Waals surface area contributed by atoms with Crippen LogP contribution in [0.5, 0.6) is 5.75 Å². The number of carbonyl (C=O) groups is 1. The van der Waals surface area contributed by atoms with Crippen molar-refractivity contribution in [1.82, 2.24) is 0 Å². The van der Waals surface area contributed by atoms with Crippen molar-refractivity contribution in [3.63, 3.8) is 0 Å². The smallest absolute Gasteiger partial charge is 0.339 e. The fraction of sp³-hybridized carbons (Fsp3) is 0.300. The summed E-state index contributed by atoms with van der Waals surface area (Å²) in [5.41, 5.74) is 7.35. The summed E-state index contributed by atoms with van der Waals surface area (Å²) in [6.45, 7) is 0. The number of aromatic carboxylic acids is 1. The molecule has 0 unspecified atom stereocenters. The van der Waals surface area contributed by atoms with Crippen molar-refractivity contribution in [2.75, 3.05) is 5.73 Å². The molecule has 0 saturated heterocycles. The third kappa shape index (κ3) is 1.11. The van der Waals surface area contributed by atoms with Gasteiger partial charge in [-0.15, -0.1) is 0 Å². The van der Waals surface area contributed by atoms with E-state index in [0.29, 0.717) is 6.42 Å². The van der Waals surface area contributed by atoms with Gasteiger partial charge in [0.15, 0.2) is 5.75 Å². The highest BCUT2D eigenvalue weighted by Crippen LogP contribution is 2.35. The first-order valence-electron chi connectivity index (χ1n) is 4.47. The van der Waals surface area contributed by atoms with Gasteiger partial charge in [0.05, 0.1) is 5.69 Å². The molecule has 0 aromatic heterocycles. The van der Waals surface area contributed by atoms with E-state index in [4.69, 9.17) is 10.8 Å². The van der Waals surface area contributed by atoms with Gasteiger partial charge < -0.3 is 15.9 Å². The molecular weight excluding hydrogens is 182 g/mol. The number of aryl methyl sites for hydroxylation is 1. The summed E-state index contributed by atoms with van der Waals surface area (Å²) < 4.78 is 0. The zero-order chi connectivity index (χ0) is 10.3. The van der Waals surface area contributed by atoms with Gasteiger partial charge in [0, 0.05) is 0 Å². The Bertz CT molecular complexity index is 412. The van der Waals surface area contributed by atoms with E-state index in [0.717, 1.165) is 24.0 Å². The minimum atomic E-state index is -1.10. The van der Waals surface area contributed by atoms with Crippen molar-refractivity contribution in [3.8, 4) is 5.75 Å². The van der Waals surface area contributed by atoms with Gasteiger partial charge in [-0.2, -0.15) is 0 Å². The zero-order valence-corrected chi connectivity index (χ0v) is 7.58. The molecule has 1 aromatic rings. The summed E-state index contributed by atoms with van der Waals surface area (Å²) in [4.78, 5) is 10.9. The minimum Gasteiger partial charge on any atom is -0.505 e. The number of nitrogens with two attached hydrogens (primary N) is 1. The summed E-state index contributed by atoms with van der Waals surface area (Å²) in [6.07, 6.45) is 2.49. The maximum Gasteiger partial charge on any atom is 0.339 e. The number of hydrogen-bond acceptors (Lipinski definition) is 3. The molecule has 0 bridgehead atoms. The highest BCUT2D eigenvalue weighted by Gasteiger charge is 2.24. The molecule has 4 N–H and O–H groups in total. The first-order chi connectivity index (χ1) is 6.61. The lowest BCUT2D eigenvalue weighted by Crippen LogP contribution is -2.05. The molecule has 0 aliphatic heterocycles. The number of rotatable bonds is 1. The lowest BCUT2D eigenvalue weighted by atomic mass is 10.0. The number of benzene rings is 1. The Hall–Kier alpha value is -1.71. The highest BCUT2D eigenvalue weighted by atomic mass is 16.4. The average Bonchev–Trinajstić information content (AvgIpc) is 2.52. The predicted octanol–water partition coefficient (Wildman–Crippen LogP) is 1.16. The fourth-order valence-electron chi connectivity index (χ4n) is 1.99. The third-order valence-corrected chi connectivity index (χ3v) is 2.62. The van der Waals surface area contributed by atoms with Crippen LogP contribution in [0.4, 0.5) is 5.69 Å². The molecule has 1 aliphatic rings. The van der Waals surface area contributed by atoms with Crippen LogP contribution >= 0.6 is 0 Å². The Balaban J connectivity index is 2.72. The number of nitrogen functional groups attached to an aromatic ring is 1. The van der Waals surface area contributed by atoms with E-state index in [1.807, 2.05) is 0 Å². The molecule has 0 fully saturated rings. The summed E-state index contributed by atoms with van der Waals surface area (Å²) in [5.74, 6) is -1.40. The number of carboxylic acids is 1. The monoisotopic (exact) mass is 193 g/mol. The lowest BCUT2D eigenvalue weighted by Gasteiger charge is -2.09. The number of carboxylic acid groups (broad SMARTS) is 1. The second-order valence-electron chi connectivity index (χ2n) is 3.49. The molecular formula is C10H11NO3. The lowest BCUT2D eigenvalue weighted by molar-refractivity contribution is 0.0692. The van der Waals surface area contributed by atoms with Crippen molar-refractivity contribution in [1.29, 1.82) is 0 Å². The molecule has 0 atom stereocenters. The number of phenols is 1. The second-order valence-corrected chi connectivity index (χ2v) is 3.49. The van der Waals surface area contributed by atoms with Crippen LogP contribution in [0.2, 0.25) is 0 Å². The Kier molecular flexibility index (Phi) is 1.84. The second kappa shape index (κ2) is 2.90. The van der Waals surface area contributed by atoms with Gasteiger partial charge in [0.2, 0.25) is 0 Å². The van der Waals surface area contributed by atoms with Crippen molar-refractivity contribution in [2.45, 2.75) is 19.3 Å². The summed E-state index contributed by atoms with van der Waals surface area (Å²) in [6, 6.07) is 1.67. The van der Waals surface area contributed by atoms with Gasteiger partial charge in [-0.3, -0.25) is 0 Å². The molecule has 14 heavy (non-hydrogen) atoms. The molecule has 0 radical (unpaired) electrons. The van der Waals surface area contributed by atoms with E-state index >= 15 is 0 Å². The molecule has 74 valence electrons. The first-order valence-corrected chi connectivity index (χ1v) is 4.47. The summed E-state index contributed by atoms with van der Waals surface area (Å²) in [7, 11) is 0. The normalized spacial score (nSPS) is 14.0. The van der Waals surface area contributed by atoms with Gasteiger partial charge in [0.25, 0.3) is 0 Å². The Morgan fingerprint density at radius 1 is 1.43 bits per heavy atom. The van der Waals surface area contributed by atoms with Crippen LogP contribution in [-0.4, -0.2) is 16.2 Å². The summed E-state index contributed by atoms with van der Waals surface area (Å²) in [5, 5.41) is 18.5. The first kappa shape index (κ1) is 8.87. The average molecular weight is 193 g/mol. The van der Waals surface area contributed by atoms with E-state index in [1.54, 1.807) is 6.07 Å². The van der Waals surface area contributed by atoms with Crippen LogP contribution in [-0.2, 0) is 12.8 Å². The van der Waals surface area contributed by atoms with Crippen molar-refractivity contribution >= 4 is 11.7 Å². The Labute approximate surface area is 81.0 Å². The topological polar surface area (TPSA) is 83.6 Å². The van der Waals surface area contributed by atoms with E-state index in [2.05, 4.69) is 0 Å². The zero-order valence-electron chi connectivity index (χ0n) is 7.58. The fourth-order valence-corrected chi connectivity index (χ4v) is 1.99. The van der Waals surface area contributed by atoms with E-state index in [9.17, 15) is 9.90 Å². The number of aromatic hydroxyl groups is 1. The van der Waals surface area contributed by atoms with Crippen LogP contribution in [0.25, 0.3) is 0 Å². The van der Waals surface area contributed by atoms with Crippen LogP contribution in [0.15, 0.2) is 6.07 Å². The number of anilines is 1. The van der Waals surface area contributed by atoms with Crippen LogP contribution in [0.3, 0.4) is 0 Å². The standard InChI is InChI=1S/C10H11NO3/c11-7-4-5-2-1-3-6(5)8(9(7)12)10(13)14/h4,12H,1-3,11H2,(H,13,14). The number of hydrogen-bond donors (Lipinski definition) is 3. The van der Waals surface area contributed by atoms with Crippen LogP contribution < -0.4 is 5.73 Å².